The molecule has 0 spiro atoms. The molecule has 0 radical (unpaired) electrons. The monoisotopic (exact) mass is 367 g/mol. The van der Waals surface area contributed by atoms with Crippen LogP contribution in [-0.2, 0) is 9.59 Å². The first-order valence-electron chi connectivity index (χ1n) is 9.36. The Bertz CT molecular complexity index is 796. The molecule has 27 heavy (non-hydrogen) atoms. The lowest BCUT2D eigenvalue weighted by atomic mass is 10.1. The number of nitrogens with one attached hydrogen (secondary N) is 1. The number of benzene rings is 2. The van der Waals surface area contributed by atoms with Crippen molar-refractivity contribution >= 4 is 28.9 Å². The van der Waals surface area contributed by atoms with Gasteiger partial charge in [-0.05, 0) is 69.2 Å². The molecular weight excluding hydrogens is 338 g/mol. The van der Waals surface area contributed by atoms with Crippen LogP contribution in [0.3, 0.4) is 0 Å². The van der Waals surface area contributed by atoms with Gasteiger partial charge in [-0.15, -0.1) is 0 Å². The minimum atomic E-state index is -0.221. The van der Waals surface area contributed by atoms with Crippen LogP contribution in [0.2, 0.25) is 0 Å². The molecule has 2 amide bonds. The van der Waals surface area contributed by atoms with E-state index in [-0.39, 0.29) is 18.4 Å². The summed E-state index contributed by atoms with van der Waals surface area (Å²) in [5.74, 6) is -0.377. The first-order chi connectivity index (χ1) is 12.9. The summed E-state index contributed by atoms with van der Waals surface area (Å²) in [6.07, 6.45) is 0. The number of rotatable bonds is 7. The minimum Gasteiger partial charge on any atom is -0.372 e. The maximum atomic E-state index is 12.5. The van der Waals surface area contributed by atoms with E-state index in [0.29, 0.717) is 0 Å². The predicted molar refractivity (Wildman–Crippen MR) is 113 cm³/mol. The summed E-state index contributed by atoms with van der Waals surface area (Å²) in [5, 5.41) is 2.88. The molecule has 1 N–H and O–H groups in total. The van der Waals surface area contributed by atoms with Crippen LogP contribution in [0.15, 0.2) is 42.5 Å². The number of amides is 2. The van der Waals surface area contributed by atoms with E-state index in [4.69, 9.17) is 0 Å². The maximum Gasteiger partial charge on any atom is 0.244 e. The number of hydrogen-bond donors (Lipinski definition) is 1. The molecule has 0 aliphatic carbocycles. The zero-order chi connectivity index (χ0) is 20.0. The molecule has 0 aromatic heterocycles. The van der Waals surface area contributed by atoms with Crippen molar-refractivity contribution in [3.05, 3.63) is 53.6 Å². The van der Waals surface area contributed by atoms with Crippen LogP contribution >= 0.6 is 0 Å². The number of nitrogens with zero attached hydrogens (tertiary/aromatic N) is 2. The Hall–Kier alpha value is -2.82. The van der Waals surface area contributed by atoms with Crippen LogP contribution in [0.5, 0.6) is 0 Å². The Morgan fingerprint density at radius 2 is 1.59 bits per heavy atom. The first kappa shape index (κ1) is 20.5. The molecule has 0 atom stereocenters. The number of carbonyl (C=O) groups is 2. The fourth-order valence-electron chi connectivity index (χ4n) is 3.08. The summed E-state index contributed by atoms with van der Waals surface area (Å²) >= 11 is 0. The zero-order valence-corrected chi connectivity index (χ0v) is 16.9. The lowest BCUT2D eigenvalue weighted by Gasteiger charge is -2.24. The minimum absolute atomic E-state index is 0.0164. The fourth-order valence-corrected chi connectivity index (χ4v) is 3.08. The van der Waals surface area contributed by atoms with Gasteiger partial charge in [-0.25, -0.2) is 0 Å². The normalized spacial score (nSPS) is 10.4. The fraction of sp³-hybridized carbons (Fsp3) is 0.364. The highest BCUT2D eigenvalue weighted by molar-refractivity contribution is 6.02. The molecule has 144 valence electrons. The molecular formula is C22H29N3O2. The summed E-state index contributed by atoms with van der Waals surface area (Å²) in [7, 11) is 0. The van der Waals surface area contributed by atoms with Gasteiger partial charge in [-0.3, -0.25) is 9.59 Å². The number of aryl methyl sites for hydroxylation is 1. The standard InChI is InChI=1S/C22H29N3O2/c1-6-24(7-2)20-13-11-19(12-14-20)23-22(27)15-25(18(5)26)21-10-8-9-16(3)17(21)4/h8-14H,6-7,15H2,1-5H3,(H,23,27). The van der Waals surface area contributed by atoms with Gasteiger partial charge in [0, 0.05) is 37.1 Å². The van der Waals surface area contributed by atoms with E-state index in [1.165, 1.54) is 11.8 Å². The van der Waals surface area contributed by atoms with Gasteiger partial charge in [-0.1, -0.05) is 12.1 Å². The second-order valence-corrected chi connectivity index (χ2v) is 6.59. The third-order valence-electron chi connectivity index (χ3n) is 4.83. The highest BCUT2D eigenvalue weighted by Crippen LogP contribution is 2.23. The summed E-state index contributed by atoms with van der Waals surface area (Å²) < 4.78 is 0. The van der Waals surface area contributed by atoms with E-state index in [1.807, 2.05) is 56.3 Å². The SMILES string of the molecule is CCN(CC)c1ccc(NC(=O)CN(C(C)=O)c2cccc(C)c2C)cc1. The average Bonchev–Trinajstić information content (AvgIpc) is 2.64. The van der Waals surface area contributed by atoms with E-state index in [0.717, 1.165) is 41.3 Å². The van der Waals surface area contributed by atoms with Gasteiger partial charge in [0.15, 0.2) is 0 Å². The third-order valence-corrected chi connectivity index (χ3v) is 4.83. The van der Waals surface area contributed by atoms with Crippen molar-refractivity contribution in [1.29, 1.82) is 0 Å². The van der Waals surface area contributed by atoms with Crippen molar-refractivity contribution in [2.45, 2.75) is 34.6 Å². The Morgan fingerprint density at radius 3 is 2.15 bits per heavy atom. The smallest absolute Gasteiger partial charge is 0.244 e. The molecule has 0 unspecified atom stereocenters. The van der Waals surface area contributed by atoms with Crippen LogP contribution in [0.1, 0.15) is 31.9 Å². The Balaban J connectivity index is 2.10. The second kappa shape index (κ2) is 9.21. The third kappa shape index (κ3) is 5.09. The molecule has 5 nitrogen and oxygen atoms in total. The van der Waals surface area contributed by atoms with Gasteiger partial charge in [0.05, 0.1) is 0 Å². The van der Waals surface area contributed by atoms with Crippen LogP contribution in [0, 0.1) is 13.8 Å². The molecule has 0 bridgehead atoms. The topological polar surface area (TPSA) is 52.7 Å². The summed E-state index contributed by atoms with van der Waals surface area (Å²) in [5.41, 5.74) is 4.71. The molecule has 2 rings (SSSR count). The zero-order valence-electron chi connectivity index (χ0n) is 16.9. The van der Waals surface area contributed by atoms with Crippen molar-refractivity contribution in [3.63, 3.8) is 0 Å². The van der Waals surface area contributed by atoms with Gasteiger partial charge in [0.25, 0.3) is 0 Å². The summed E-state index contributed by atoms with van der Waals surface area (Å²) in [6.45, 7) is 11.5. The number of anilines is 3. The maximum absolute atomic E-state index is 12.5. The quantitative estimate of drug-likeness (QED) is 0.800. The molecule has 0 aliphatic rings. The van der Waals surface area contributed by atoms with Crippen molar-refractivity contribution in [1.82, 2.24) is 0 Å². The molecule has 0 heterocycles. The van der Waals surface area contributed by atoms with Gasteiger partial charge in [0.2, 0.25) is 11.8 Å². The molecule has 0 saturated carbocycles. The van der Waals surface area contributed by atoms with Crippen LogP contribution < -0.4 is 15.1 Å². The summed E-state index contributed by atoms with van der Waals surface area (Å²) in [6, 6.07) is 13.5. The molecule has 5 heteroatoms. The van der Waals surface area contributed by atoms with Gasteiger partial charge >= 0.3 is 0 Å². The first-order valence-corrected chi connectivity index (χ1v) is 9.36. The number of carbonyl (C=O) groups excluding carboxylic acids is 2. The Morgan fingerprint density at radius 1 is 0.963 bits per heavy atom. The van der Waals surface area contributed by atoms with E-state index in [2.05, 4.69) is 24.1 Å². The largest absolute Gasteiger partial charge is 0.372 e. The van der Waals surface area contributed by atoms with E-state index >= 15 is 0 Å². The average molecular weight is 367 g/mol. The predicted octanol–water partition coefficient (Wildman–Crippen LogP) is 4.14. The van der Waals surface area contributed by atoms with Gasteiger partial charge in [-0.2, -0.15) is 0 Å². The highest BCUT2D eigenvalue weighted by atomic mass is 16.2. The van der Waals surface area contributed by atoms with Crippen LogP contribution in [0.4, 0.5) is 17.1 Å². The van der Waals surface area contributed by atoms with E-state index in [9.17, 15) is 9.59 Å². The van der Waals surface area contributed by atoms with Gasteiger partial charge in [0.1, 0.15) is 6.54 Å². The Kier molecular flexibility index (Phi) is 6.99. The Labute approximate surface area is 162 Å². The van der Waals surface area contributed by atoms with Gasteiger partial charge < -0.3 is 15.1 Å². The molecule has 0 fully saturated rings. The van der Waals surface area contributed by atoms with E-state index < -0.39 is 0 Å². The lowest BCUT2D eigenvalue weighted by Crippen LogP contribution is -2.37. The molecule has 0 saturated heterocycles. The van der Waals surface area contributed by atoms with E-state index in [1.54, 1.807) is 0 Å². The molecule has 2 aromatic rings. The van der Waals surface area contributed by atoms with Crippen molar-refractivity contribution in [2.24, 2.45) is 0 Å². The highest BCUT2D eigenvalue weighted by Gasteiger charge is 2.18. The van der Waals surface area contributed by atoms with Crippen molar-refractivity contribution in [2.75, 3.05) is 34.8 Å². The van der Waals surface area contributed by atoms with Crippen LogP contribution in [0.25, 0.3) is 0 Å². The number of hydrogen-bond acceptors (Lipinski definition) is 3. The molecule has 0 aliphatic heterocycles. The lowest BCUT2D eigenvalue weighted by molar-refractivity contribution is -0.120. The summed E-state index contributed by atoms with van der Waals surface area (Å²) in [4.78, 5) is 28.4. The molecule has 2 aromatic carbocycles. The second-order valence-electron chi connectivity index (χ2n) is 6.59. The van der Waals surface area contributed by atoms with Crippen molar-refractivity contribution < 1.29 is 9.59 Å². The van der Waals surface area contributed by atoms with Crippen LogP contribution in [-0.4, -0.2) is 31.4 Å². The van der Waals surface area contributed by atoms with Crippen molar-refractivity contribution in [3.8, 4) is 0 Å².